The molecule has 5 heteroatoms. The summed E-state index contributed by atoms with van der Waals surface area (Å²) in [4.78, 5) is 2.12. The molecule has 0 aromatic heterocycles. The van der Waals surface area contributed by atoms with Gasteiger partial charge in [-0.2, -0.15) is 0 Å². The van der Waals surface area contributed by atoms with Gasteiger partial charge >= 0.3 is 0 Å². The Morgan fingerprint density at radius 2 is 2.20 bits per heavy atom. The van der Waals surface area contributed by atoms with Crippen LogP contribution in [0.25, 0.3) is 0 Å². The second-order valence-corrected chi connectivity index (χ2v) is 6.22. The minimum Gasteiger partial charge on any atom is -0.316 e. The van der Waals surface area contributed by atoms with Crippen molar-refractivity contribution in [1.29, 1.82) is 0 Å². The van der Waals surface area contributed by atoms with Crippen molar-refractivity contribution < 1.29 is 8.78 Å². The van der Waals surface area contributed by atoms with E-state index in [1.165, 1.54) is 25.0 Å². The van der Waals surface area contributed by atoms with E-state index in [9.17, 15) is 8.78 Å². The van der Waals surface area contributed by atoms with Crippen LogP contribution in [-0.4, -0.2) is 31.1 Å². The highest BCUT2D eigenvalue weighted by Gasteiger charge is 2.19. The Balaban J connectivity index is 2.04. The van der Waals surface area contributed by atoms with Crippen LogP contribution in [-0.2, 0) is 6.54 Å². The molecule has 0 amide bonds. The van der Waals surface area contributed by atoms with Crippen LogP contribution in [0, 0.1) is 17.6 Å². The van der Waals surface area contributed by atoms with Crippen LogP contribution < -0.4 is 5.32 Å². The standard InChI is InChI=1S/C15H21BrF2N2/c1-2-20(9-11-4-3-7-19-8-11)10-12-14(17)6-5-13(16)15(12)18/h5-6,11,19H,2-4,7-10H2,1H3. The van der Waals surface area contributed by atoms with E-state index in [1.807, 2.05) is 6.92 Å². The summed E-state index contributed by atoms with van der Waals surface area (Å²) in [5, 5.41) is 3.38. The third-order valence-corrected chi connectivity index (χ3v) is 4.50. The molecule has 2 nitrogen and oxygen atoms in total. The highest BCUT2D eigenvalue weighted by Crippen LogP contribution is 2.23. The first-order chi connectivity index (χ1) is 9.61. The molecular weight excluding hydrogens is 326 g/mol. The van der Waals surface area contributed by atoms with E-state index in [1.54, 1.807) is 0 Å². The summed E-state index contributed by atoms with van der Waals surface area (Å²) in [6.45, 7) is 6.11. The number of hydrogen-bond donors (Lipinski definition) is 1. The molecule has 0 spiro atoms. The van der Waals surface area contributed by atoms with Crippen molar-refractivity contribution in [3.8, 4) is 0 Å². The molecule has 1 aliphatic heterocycles. The van der Waals surface area contributed by atoms with Crippen molar-refractivity contribution in [1.82, 2.24) is 10.2 Å². The van der Waals surface area contributed by atoms with Crippen molar-refractivity contribution >= 4 is 15.9 Å². The fraction of sp³-hybridized carbons (Fsp3) is 0.600. The smallest absolute Gasteiger partial charge is 0.144 e. The average molecular weight is 347 g/mol. The fourth-order valence-corrected chi connectivity index (χ4v) is 3.06. The number of halogens is 3. The summed E-state index contributed by atoms with van der Waals surface area (Å²) in [5.74, 6) is -0.377. The van der Waals surface area contributed by atoms with Crippen LogP contribution in [0.2, 0.25) is 0 Å². The quantitative estimate of drug-likeness (QED) is 0.820. The molecule has 0 aliphatic carbocycles. The van der Waals surface area contributed by atoms with E-state index in [0.29, 0.717) is 16.9 Å². The van der Waals surface area contributed by atoms with Crippen molar-refractivity contribution in [2.45, 2.75) is 26.3 Å². The van der Waals surface area contributed by atoms with Gasteiger partial charge in [-0.1, -0.05) is 6.92 Å². The van der Waals surface area contributed by atoms with E-state index in [4.69, 9.17) is 0 Å². The first-order valence-corrected chi connectivity index (χ1v) is 7.96. The number of nitrogens with one attached hydrogen (secondary N) is 1. The largest absolute Gasteiger partial charge is 0.316 e. The second kappa shape index (κ2) is 7.48. The van der Waals surface area contributed by atoms with Crippen LogP contribution in [0.1, 0.15) is 25.3 Å². The topological polar surface area (TPSA) is 15.3 Å². The molecule has 112 valence electrons. The Labute approximate surface area is 127 Å². The van der Waals surface area contributed by atoms with Crippen LogP contribution in [0.5, 0.6) is 0 Å². The summed E-state index contributed by atoms with van der Waals surface area (Å²) in [5.41, 5.74) is 0.157. The van der Waals surface area contributed by atoms with E-state index < -0.39 is 11.6 Å². The third-order valence-electron chi connectivity index (χ3n) is 3.88. The summed E-state index contributed by atoms with van der Waals surface area (Å²) in [6, 6.07) is 2.73. The Morgan fingerprint density at radius 3 is 2.85 bits per heavy atom. The van der Waals surface area contributed by atoms with Gasteiger partial charge in [-0.05, 0) is 66.5 Å². The Bertz CT molecular complexity index is 448. The molecule has 20 heavy (non-hydrogen) atoms. The first-order valence-electron chi connectivity index (χ1n) is 7.17. The minimum atomic E-state index is -0.481. The molecule has 0 saturated carbocycles. The van der Waals surface area contributed by atoms with Crippen molar-refractivity contribution in [3.63, 3.8) is 0 Å². The minimum absolute atomic E-state index is 0.157. The average Bonchev–Trinajstić information content (AvgIpc) is 2.47. The Kier molecular flexibility index (Phi) is 5.93. The maximum Gasteiger partial charge on any atom is 0.144 e. The molecular formula is C15H21BrF2N2. The maximum atomic E-state index is 14.0. The predicted octanol–water partition coefficient (Wildman–Crippen LogP) is 3.55. The number of rotatable bonds is 5. The maximum absolute atomic E-state index is 14.0. The van der Waals surface area contributed by atoms with Crippen LogP contribution in [0.3, 0.4) is 0 Å². The van der Waals surface area contributed by atoms with Gasteiger partial charge in [-0.25, -0.2) is 8.78 Å². The zero-order chi connectivity index (χ0) is 14.5. The van der Waals surface area contributed by atoms with Crippen molar-refractivity contribution in [2.24, 2.45) is 5.92 Å². The summed E-state index contributed by atoms with van der Waals surface area (Å²) < 4.78 is 28.1. The van der Waals surface area contributed by atoms with Gasteiger partial charge in [0.25, 0.3) is 0 Å². The predicted molar refractivity (Wildman–Crippen MR) is 80.6 cm³/mol. The number of hydrogen-bond acceptors (Lipinski definition) is 2. The molecule has 1 aromatic carbocycles. The van der Waals surface area contributed by atoms with Crippen LogP contribution in [0.15, 0.2) is 16.6 Å². The van der Waals surface area contributed by atoms with Crippen molar-refractivity contribution in [3.05, 3.63) is 33.8 Å². The molecule has 1 saturated heterocycles. The lowest BCUT2D eigenvalue weighted by Gasteiger charge is -2.29. The molecule has 1 atom stereocenters. The zero-order valence-corrected chi connectivity index (χ0v) is 13.3. The Hall–Kier alpha value is -0.520. The summed E-state index contributed by atoms with van der Waals surface area (Å²) in [6.07, 6.45) is 2.37. The van der Waals surface area contributed by atoms with Gasteiger partial charge in [0.2, 0.25) is 0 Å². The van der Waals surface area contributed by atoms with E-state index in [2.05, 4.69) is 26.1 Å². The zero-order valence-electron chi connectivity index (χ0n) is 11.8. The highest BCUT2D eigenvalue weighted by molar-refractivity contribution is 9.10. The van der Waals surface area contributed by atoms with Gasteiger partial charge in [0.1, 0.15) is 11.6 Å². The molecule has 1 aliphatic rings. The SMILES string of the molecule is CCN(Cc1c(F)ccc(Br)c1F)CC1CCCNC1. The summed E-state index contributed by atoms with van der Waals surface area (Å²) in [7, 11) is 0. The first kappa shape index (κ1) is 15.9. The monoisotopic (exact) mass is 346 g/mol. The van der Waals surface area contributed by atoms with Gasteiger partial charge < -0.3 is 5.32 Å². The molecule has 1 N–H and O–H groups in total. The number of piperidine rings is 1. The molecule has 1 aromatic rings. The molecule has 1 unspecified atom stereocenters. The van der Waals surface area contributed by atoms with Gasteiger partial charge in [0, 0.05) is 18.7 Å². The van der Waals surface area contributed by atoms with Gasteiger partial charge in [-0.15, -0.1) is 0 Å². The van der Waals surface area contributed by atoms with Gasteiger partial charge in [0.05, 0.1) is 4.47 Å². The molecule has 1 heterocycles. The lowest BCUT2D eigenvalue weighted by molar-refractivity contribution is 0.205. The van der Waals surface area contributed by atoms with Gasteiger partial charge in [0.15, 0.2) is 0 Å². The lowest BCUT2D eigenvalue weighted by Crippen LogP contribution is -2.38. The summed E-state index contributed by atoms with van der Waals surface area (Å²) >= 11 is 3.12. The number of benzene rings is 1. The van der Waals surface area contributed by atoms with E-state index >= 15 is 0 Å². The van der Waals surface area contributed by atoms with Gasteiger partial charge in [-0.3, -0.25) is 4.90 Å². The second-order valence-electron chi connectivity index (χ2n) is 5.36. The van der Waals surface area contributed by atoms with Crippen molar-refractivity contribution in [2.75, 3.05) is 26.2 Å². The number of nitrogens with zero attached hydrogens (tertiary/aromatic N) is 1. The molecule has 0 bridgehead atoms. The lowest BCUT2D eigenvalue weighted by atomic mass is 9.99. The van der Waals surface area contributed by atoms with E-state index in [0.717, 1.165) is 26.2 Å². The fourth-order valence-electron chi connectivity index (χ4n) is 2.69. The third kappa shape index (κ3) is 3.99. The molecule has 0 radical (unpaired) electrons. The Morgan fingerprint density at radius 1 is 1.40 bits per heavy atom. The molecule has 1 fully saturated rings. The molecule has 2 rings (SSSR count). The normalized spacial score (nSPS) is 19.6. The van der Waals surface area contributed by atoms with Crippen LogP contribution >= 0.6 is 15.9 Å². The van der Waals surface area contributed by atoms with Crippen LogP contribution in [0.4, 0.5) is 8.78 Å². The van der Waals surface area contributed by atoms with E-state index in [-0.39, 0.29) is 5.56 Å². The highest BCUT2D eigenvalue weighted by atomic mass is 79.9.